The summed E-state index contributed by atoms with van der Waals surface area (Å²) in [5.41, 5.74) is 7.75. The van der Waals surface area contributed by atoms with Gasteiger partial charge in [-0.2, -0.15) is 5.26 Å². The number of benzene rings is 1. The van der Waals surface area contributed by atoms with E-state index in [0.29, 0.717) is 17.1 Å². The van der Waals surface area contributed by atoms with E-state index in [2.05, 4.69) is 16.4 Å². The second-order valence-corrected chi connectivity index (χ2v) is 3.29. The molecule has 3 N–H and O–H groups in total. The maximum atomic E-state index is 8.74. The molecular formula is C12H10N4. The highest BCUT2D eigenvalue weighted by atomic mass is 15.0. The van der Waals surface area contributed by atoms with Gasteiger partial charge >= 0.3 is 0 Å². The van der Waals surface area contributed by atoms with E-state index < -0.39 is 0 Å². The quantitative estimate of drug-likeness (QED) is 0.745. The molecule has 0 saturated carbocycles. The summed E-state index contributed by atoms with van der Waals surface area (Å²) in [5, 5.41) is 11.8. The molecule has 78 valence electrons. The van der Waals surface area contributed by atoms with E-state index in [1.807, 2.05) is 12.1 Å². The van der Waals surface area contributed by atoms with Crippen LogP contribution in [0.25, 0.3) is 0 Å². The van der Waals surface area contributed by atoms with Crippen molar-refractivity contribution in [3.8, 4) is 6.07 Å². The van der Waals surface area contributed by atoms with Gasteiger partial charge in [-0.05, 0) is 36.4 Å². The van der Waals surface area contributed by atoms with Gasteiger partial charge in [-0.1, -0.05) is 0 Å². The Hall–Kier alpha value is -2.54. The van der Waals surface area contributed by atoms with Crippen molar-refractivity contribution >= 4 is 17.2 Å². The highest BCUT2D eigenvalue weighted by Gasteiger charge is 1.97. The van der Waals surface area contributed by atoms with Crippen LogP contribution in [-0.4, -0.2) is 4.98 Å². The first-order valence-electron chi connectivity index (χ1n) is 4.76. The van der Waals surface area contributed by atoms with Crippen LogP contribution in [0.1, 0.15) is 5.56 Å². The molecule has 16 heavy (non-hydrogen) atoms. The molecule has 1 aromatic carbocycles. The number of nitrogens with one attached hydrogen (secondary N) is 1. The van der Waals surface area contributed by atoms with Crippen LogP contribution in [-0.2, 0) is 0 Å². The standard InChI is InChI=1S/C12H10N4/c13-8-9-5-6-15-12(7-9)16-11-3-1-10(14)2-4-11/h1-7H,14H2,(H,15,16). The van der Waals surface area contributed by atoms with Gasteiger partial charge in [0.2, 0.25) is 0 Å². The van der Waals surface area contributed by atoms with Crippen LogP contribution in [0.15, 0.2) is 42.6 Å². The predicted molar refractivity (Wildman–Crippen MR) is 63.1 cm³/mol. The van der Waals surface area contributed by atoms with E-state index in [1.165, 1.54) is 0 Å². The highest BCUT2D eigenvalue weighted by Crippen LogP contribution is 2.16. The fourth-order valence-electron chi connectivity index (χ4n) is 1.28. The zero-order valence-electron chi connectivity index (χ0n) is 8.51. The number of hydrogen-bond acceptors (Lipinski definition) is 4. The van der Waals surface area contributed by atoms with Crippen LogP contribution in [0.5, 0.6) is 0 Å². The lowest BCUT2D eigenvalue weighted by Crippen LogP contribution is -1.94. The van der Waals surface area contributed by atoms with Crippen LogP contribution < -0.4 is 11.1 Å². The van der Waals surface area contributed by atoms with Gasteiger partial charge in [0.1, 0.15) is 5.82 Å². The molecule has 2 aromatic rings. The third kappa shape index (κ3) is 2.28. The Bertz CT molecular complexity index is 525. The number of nitrogens with two attached hydrogens (primary N) is 1. The number of nitrogens with zero attached hydrogens (tertiary/aromatic N) is 2. The van der Waals surface area contributed by atoms with E-state index in [1.54, 1.807) is 30.5 Å². The van der Waals surface area contributed by atoms with Gasteiger partial charge in [0.25, 0.3) is 0 Å². The van der Waals surface area contributed by atoms with E-state index >= 15 is 0 Å². The molecule has 0 atom stereocenters. The Balaban J connectivity index is 2.21. The molecule has 0 amide bonds. The van der Waals surface area contributed by atoms with Crippen LogP contribution in [0.4, 0.5) is 17.2 Å². The number of pyridine rings is 1. The second kappa shape index (κ2) is 4.32. The first kappa shape index (κ1) is 9.99. The molecule has 1 heterocycles. The fraction of sp³-hybridized carbons (Fsp3) is 0. The second-order valence-electron chi connectivity index (χ2n) is 3.29. The summed E-state index contributed by atoms with van der Waals surface area (Å²) in [6.45, 7) is 0. The summed E-state index contributed by atoms with van der Waals surface area (Å²) in [7, 11) is 0. The molecule has 0 spiro atoms. The summed E-state index contributed by atoms with van der Waals surface area (Å²) in [6, 6.07) is 12.7. The van der Waals surface area contributed by atoms with Crippen molar-refractivity contribution in [3.05, 3.63) is 48.2 Å². The van der Waals surface area contributed by atoms with E-state index in [-0.39, 0.29) is 0 Å². The molecule has 0 aliphatic rings. The molecule has 0 aliphatic carbocycles. The van der Waals surface area contributed by atoms with E-state index in [4.69, 9.17) is 11.0 Å². The Kier molecular flexibility index (Phi) is 2.70. The topological polar surface area (TPSA) is 74.7 Å². The summed E-state index contributed by atoms with van der Waals surface area (Å²) in [4.78, 5) is 4.11. The molecule has 0 saturated heterocycles. The zero-order valence-corrected chi connectivity index (χ0v) is 8.51. The van der Waals surface area contributed by atoms with Crippen molar-refractivity contribution < 1.29 is 0 Å². The highest BCUT2D eigenvalue weighted by molar-refractivity contribution is 5.60. The third-order valence-electron chi connectivity index (χ3n) is 2.07. The number of rotatable bonds is 2. The van der Waals surface area contributed by atoms with Gasteiger partial charge in [-0.15, -0.1) is 0 Å². The first-order chi connectivity index (χ1) is 7.78. The monoisotopic (exact) mass is 210 g/mol. The molecule has 0 fully saturated rings. The summed E-state index contributed by atoms with van der Waals surface area (Å²) < 4.78 is 0. The first-order valence-corrected chi connectivity index (χ1v) is 4.76. The average molecular weight is 210 g/mol. The lowest BCUT2D eigenvalue weighted by molar-refractivity contribution is 1.29. The lowest BCUT2D eigenvalue weighted by Gasteiger charge is -2.05. The lowest BCUT2D eigenvalue weighted by atomic mass is 10.2. The Labute approximate surface area is 93.4 Å². The molecule has 4 heteroatoms. The molecule has 4 nitrogen and oxygen atoms in total. The number of hydrogen-bond donors (Lipinski definition) is 2. The molecular weight excluding hydrogens is 200 g/mol. The van der Waals surface area contributed by atoms with Crippen molar-refractivity contribution in [2.45, 2.75) is 0 Å². The molecule has 2 rings (SSSR count). The van der Waals surface area contributed by atoms with Gasteiger partial charge in [0.15, 0.2) is 0 Å². The fourth-order valence-corrected chi connectivity index (χ4v) is 1.28. The Morgan fingerprint density at radius 1 is 1.19 bits per heavy atom. The molecule has 0 radical (unpaired) electrons. The van der Waals surface area contributed by atoms with Crippen molar-refractivity contribution in [2.24, 2.45) is 0 Å². The number of nitriles is 1. The van der Waals surface area contributed by atoms with E-state index in [9.17, 15) is 0 Å². The minimum Gasteiger partial charge on any atom is -0.399 e. The zero-order chi connectivity index (χ0) is 11.4. The van der Waals surface area contributed by atoms with Crippen LogP contribution in [0.3, 0.4) is 0 Å². The van der Waals surface area contributed by atoms with Crippen LogP contribution in [0.2, 0.25) is 0 Å². The summed E-state index contributed by atoms with van der Waals surface area (Å²) in [5.74, 6) is 0.642. The van der Waals surface area contributed by atoms with Crippen molar-refractivity contribution in [1.29, 1.82) is 5.26 Å². The normalized spacial score (nSPS) is 9.44. The summed E-state index contributed by atoms with van der Waals surface area (Å²) >= 11 is 0. The van der Waals surface area contributed by atoms with Crippen molar-refractivity contribution in [3.63, 3.8) is 0 Å². The van der Waals surface area contributed by atoms with Crippen molar-refractivity contribution in [2.75, 3.05) is 11.1 Å². The maximum Gasteiger partial charge on any atom is 0.131 e. The molecule has 0 unspecified atom stereocenters. The van der Waals surface area contributed by atoms with Crippen molar-refractivity contribution in [1.82, 2.24) is 4.98 Å². The van der Waals surface area contributed by atoms with Gasteiger partial charge in [-0.25, -0.2) is 4.98 Å². The SMILES string of the molecule is N#Cc1ccnc(Nc2ccc(N)cc2)c1. The smallest absolute Gasteiger partial charge is 0.131 e. The maximum absolute atomic E-state index is 8.74. The number of aromatic nitrogens is 1. The Morgan fingerprint density at radius 2 is 1.94 bits per heavy atom. The average Bonchev–Trinajstić information content (AvgIpc) is 2.32. The number of anilines is 3. The molecule has 1 aromatic heterocycles. The Morgan fingerprint density at radius 3 is 2.62 bits per heavy atom. The van der Waals surface area contributed by atoms with Gasteiger partial charge in [0.05, 0.1) is 11.6 Å². The van der Waals surface area contributed by atoms with Gasteiger partial charge in [-0.3, -0.25) is 0 Å². The minimum atomic E-state index is 0.577. The van der Waals surface area contributed by atoms with Gasteiger partial charge in [0, 0.05) is 17.6 Å². The minimum absolute atomic E-state index is 0.577. The number of nitrogen functional groups attached to an aromatic ring is 1. The molecule has 0 bridgehead atoms. The summed E-state index contributed by atoms with van der Waals surface area (Å²) in [6.07, 6.45) is 1.60. The van der Waals surface area contributed by atoms with E-state index in [0.717, 1.165) is 5.69 Å². The van der Waals surface area contributed by atoms with Gasteiger partial charge < -0.3 is 11.1 Å². The predicted octanol–water partition coefficient (Wildman–Crippen LogP) is 2.28. The third-order valence-corrected chi connectivity index (χ3v) is 2.07. The molecule has 0 aliphatic heterocycles. The largest absolute Gasteiger partial charge is 0.399 e. The van der Waals surface area contributed by atoms with Crippen LogP contribution in [0, 0.1) is 11.3 Å². The van der Waals surface area contributed by atoms with Crippen LogP contribution >= 0.6 is 0 Å².